The lowest BCUT2D eigenvalue weighted by Crippen LogP contribution is -2.47. The summed E-state index contributed by atoms with van der Waals surface area (Å²) >= 11 is 0. The second-order valence-electron chi connectivity index (χ2n) is 7.13. The summed E-state index contributed by atoms with van der Waals surface area (Å²) in [5, 5.41) is 3.08. The van der Waals surface area contributed by atoms with Gasteiger partial charge in [-0.05, 0) is 25.5 Å². The van der Waals surface area contributed by atoms with Crippen molar-refractivity contribution in [3.63, 3.8) is 0 Å². The van der Waals surface area contributed by atoms with Crippen molar-refractivity contribution in [1.82, 2.24) is 20.1 Å². The van der Waals surface area contributed by atoms with Gasteiger partial charge in [0.15, 0.2) is 0 Å². The number of carbonyl (C=O) groups excluding carboxylic acids is 2. The molecule has 3 heterocycles. The fourth-order valence-corrected chi connectivity index (χ4v) is 3.48. The second kappa shape index (κ2) is 7.49. The molecule has 0 unspecified atom stereocenters. The maximum Gasteiger partial charge on any atom is 0.270 e. The van der Waals surface area contributed by atoms with E-state index in [4.69, 9.17) is 4.74 Å². The summed E-state index contributed by atoms with van der Waals surface area (Å²) in [5.41, 5.74) is 1.29. The van der Waals surface area contributed by atoms with Gasteiger partial charge in [0.1, 0.15) is 5.69 Å². The highest BCUT2D eigenvalue weighted by molar-refractivity contribution is 5.92. The second-order valence-corrected chi connectivity index (χ2v) is 7.13. The molecule has 1 aromatic rings. The van der Waals surface area contributed by atoms with Crippen LogP contribution in [0.15, 0.2) is 18.2 Å². The quantitative estimate of drug-likeness (QED) is 0.856. The fraction of sp³-hybridized carbons (Fsp3) is 0.611. The summed E-state index contributed by atoms with van der Waals surface area (Å²) in [5.74, 6) is -0.0492. The Labute approximate surface area is 148 Å². The molecular formula is C18H26N4O3. The van der Waals surface area contributed by atoms with Crippen molar-refractivity contribution >= 4 is 11.8 Å². The van der Waals surface area contributed by atoms with Gasteiger partial charge in [0.25, 0.3) is 5.91 Å². The molecule has 0 aliphatic carbocycles. The van der Waals surface area contributed by atoms with Crippen LogP contribution in [-0.2, 0) is 9.53 Å². The topological polar surface area (TPSA) is 74.8 Å². The van der Waals surface area contributed by atoms with Gasteiger partial charge >= 0.3 is 0 Å². The van der Waals surface area contributed by atoms with Gasteiger partial charge in [-0.3, -0.25) is 14.5 Å². The smallest absolute Gasteiger partial charge is 0.270 e. The fourth-order valence-electron chi connectivity index (χ4n) is 3.48. The Morgan fingerprint density at radius 2 is 2.16 bits per heavy atom. The van der Waals surface area contributed by atoms with Gasteiger partial charge in [0.2, 0.25) is 5.91 Å². The van der Waals surface area contributed by atoms with Crippen LogP contribution < -0.4 is 5.32 Å². The summed E-state index contributed by atoms with van der Waals surface area (Å²) in [6, 6.07) is 5.85. The molecule has 25 heavy (non-hydrogen) atoms. The highest BCUT2D eigenvalue weighted by Gasteiger charge is 2.38. The summed E-state index contributed by atoms with van der Waals surface area (Å²) < 4.78 is 5.85. The number of ether oxygens (including phenoxy) is 1. The van der Waals surface area contributed by atoms with Crippen molar-refractivity contribution in [2.45, 2.75) is 38.0 Å². The molecule has 3 rings (SSSR count). The highest BCUT2D eigenvalue weighted by Crippen LogP contribution is 2.24. The molecule has 2 amide bonds. The van der Waals surface area contributed by atoms with E-state index in [2.05, 4.69) is 15.2 Å². The summed E-state index contributed by atoms with van der Waals surface area (Å²) in [6.07, 6.45) is 1.20. The molecule has 2 fully saturated rings. The van der Waals surface area contributed by atoms with Gasteiger partial charge in [-0.2, -0.15) is 0 Å². The van der Waals surface area contributed by atoms with Crippen LogP contribution in [-0.4, -0.2) is 78.6 Å². The first-order chi connectivity index (χ1) is 11.9. The molecule has 2 saturated heterocycles. The molecule has 0 bridgehead atoms. The monoisotopic (exact) mass is 346 g/mol. The number of aryl methyl sites for hydroxylation is 1. The van der Waals surface area contributed by atoms with Crippen LogP contribution in [0.1, 0.15) is 29.0 Å². The predicted molar refractivity (Wildman–Crippen MR) is 93.3 cm³/mol. The third-order valence-electron chi connectivity index (χ3n) is 4.85. The van der Waals surface area contributed by atoms with Crippen LogP contribution in [0.5, 0.6) is 0 Å². The van der Waals surface area contributed by atoms with Crippen LogP contribution in [0, 0.1) is 6.92 Å². The summed E-state index contributed by atoms with van der Waals surface area (Å²) in [6.45, 7) is 4.01. The van der Waals surface area contributed by atoms with Gasteiger partial charge in [0.05, 0.1) is 19.1 Å². The first-order valence-corrected chi connectivity index (χ1v) is 8.72. The lowest BCUT2D eigenvalue weighted by Gasteiger charge is -2.35. The number of carbonyl (C=O) groups is 2. The van der Waals surface area contributed by atoms with Crippen molar-refractivity contribution in [2.75, 3.05) is 33.8 Å². The van der Waals surface area contributed by atoms with E-state index in [-0.39, 0.29) is 24.0 Å². The van der Waals surface area contributed by atoms with Crippen LogP contribution in [0.2, 0.25) is 0 Å². The van der Waals surface area contributed by atoms with Crippen LogP contribution >= 0.6 is 0 Å². The van der Waals surface area contributed by atoms with Gasteiger partial charge in [0, 0.05) is 45.0 Å². The normalized spacial score (nSPS) is 26.1. The molecule has 3 atom stereocenters. The minimum atomic E-state index is -0.131. The zero-order chi connectivity index (χ0) is 18.0. The number of nitrogens with one attached hydrogen (secondary N) is 1. The van der Waals surface area contributed by atoms with Crippen LogP contribution in [0.3, 0.4) is 0 Å². The zero-order valence-corrected chi connectivity index (χ0v) is 15.1. The summed E-state index contributed by atoms with van der Waals surface area (Å²) in [7, 11) is 3.52. The Morgan fingerprint density at radius 1 is 1.36 bits per heavy atom. The SMILES string of the molecule is Cc1cccc(C(=O)N[C@@H]2C[C@H]3CO[C@@H](CC(=O)N(C)C)CN3C2)n1. The molecule has 7 heteroatoms. The minimum Gasteiger partial charge on any atom is -0.375 e. The Bertz CT molecular complexity index is 649. The van der Waals surface area contributed by atoms with E-state index in [9.17, 15) is 9.59 Å². The number of amides is 2. The molecule has 1 N–H and O–H groups in total. The standard InChI is InChI=1S/C18H26N4O3/c1-12-5-4-6-16(19-12)18(24)20-13-7-14-11-25-15(10-22(14)9-13)8-17(23)21(2)3/h4-6,13-15H,7-11H2,1-3H3,(H,20,24)/t13-,14+,15+/m1/s1. The number of fused-ring (bicyclic) bond motifs is 1. The van der Waals surface area contributed by atoms with Crippen molar-refractivity contribution in [2.24, 2.45) is 0 Å². The number of rotatable bonds is 4. The molecule has 0 aromatic carbocycles. The van der Waals surface area contributed by atoms with Crippen LogP contribution in [0.4, 0.5) is 0 Å². The average Bonchev–Trinajstić information content (AvgIpc) is 2.96. The van der Waals surface area contributed by atoms with Crippen molar-refractivity contribution in [3.8, 4) is 0 Å². The van der Waals surface area contributed by atoms with Gasteiger partial charge in [-0.25, -0.2) is 4.98 Å². The van der Waals surface area contributed by atoms with E-state index >= 15 is 0 Å². The molecule has 2 aliphatic heterocycles. The third-order valence-corrected chi connectivity index (χ3v) is 4.85. The lowest BCUT2D eigenvalue weighted by atomic mass is 10.1. The number of morpholine rings is 1. The van der Waals surface area contributed by atoms with Crippen molar-refractivity contribution < 1.29 is 14.3 Å². The molecule has 1 aromatic heterocycles. The van der Waals surface area contributed by atoms with Gasteiger partial charge < -0.3 is 15.0 Å². The van der Waals surface area contributed by atoms with Gasteiger partial charge in [-0.15, -0.1) is 0 Å². The summed E-state index contributed by atoms with van der Waals surface area (Å²) in [4.78, 5) is 32.4. The molecule has 7 nitrogen and oxygen atoms in total. The van der Waals surface area contributed by atoms with E-state index in [1.807, 2.05) is 19.1 Å². The number of aromatic nitrogens is 1. The van der Waals surface area contributed by atoms with Crippen molar-refractivity contribution in [3.05, 3.63) is 29.6 Å². The van der Waals surface area contributed by atoms with Gasteiger partial charge in [-0.1, -0.05) is 6.07 Å². The first-order valence-electron chi connectivity index (χ1n) is 8.72. The molecule has 0 radical (unpaired) electrons. The molecular weight excluding hydrogens is 320 g/mol. The highest BCUT2D eigenvalue weighted by atomic mass is 16.5. The van der Waals surface area contributed by atoms with E-state index in [1.165, 1.54) is 0 Å². The maximum absolute atomic E-state index is 12.4. The predicted octanol–water partition coefficient (Wildman–Crippen LogP) is 0.440. The number of nitrogens with zero attached hydrogens (tertiary/aromatic N) is 3. The lowest BCUT2D eigenvalue weighted by molar-refractivity contribution is -0.134. The Kier molecular flexibility index (Phi) is 5.34. The third kappa shape index (κ3) is 4.35. The largest absolute Gasteiger partial charge is 0.375 e. The maximum atomic E-state index is 12.4. The Hall–Kier alpha value is -1.99. The Morgan fingerprint density at radius 3 is 2.88 bits per heavy atom. The first kappa shape index (κ1) is 17.8. The van der Waals surface area contributed by atoms with Crippen LogP contribution in [0.25, 0.3) is 0 Å². The molecule has 2 aliphatic rings. The van der Waals surface area contributed by atoms with E-state index in [0.29, 0.717) is 24.8 Å². The number of pyridine rings is 1. The molecule has 0 spiro atoms. The van der Waals surface area contributed by atoms with Crippen molar-refractivity contribution in [1.29, 1.82) is 0 Å². The minimum absolute atomic E-state index is 0.0703. The molecule has 136 valence electrons. The van der Waals surface area contributed by atoms with E-state index in [0.717, 1.165) is 25.2 Å². The van der Waals surface area contributed by atoms with E-state index in [1.54, 1.807) is 25.1 Å². The number of hydrogen-bond acceptors (Lipinski definition) is 5. The number of hydrogen-bond donors (Lipinski definition) is 1. The zero-order valence-electron chi connectivity index (χ0n) is 15.1. The van der Waals surface area contributed by atoms with E-state index < -0.39 is 0 Å². The molecule has 0 saturated carbocycles. The Balaban J connectivity index is 1.53. The average molecular weight is 346 g/mol.